The average molecular weight is 490 g/mol. The van der Waals surface area contributed by atoms with Crippen LogP contribution in [0.4, 0.5) is 0 Å². The summed E-state index contributed by atoms with van der Waals surface area (Å²) in [6.45, 7) is 4.99. The molecular formula is C30H35NO5. The number of hydrogen-bond acceptors (Lipinski definition) is 6. The van der Waals surface area contributed by atoms with Crippen LogP contribution in [0.5, 0.6) is 0 Å². The second-order valence-corrected chi connectivity index (χ2v) is 8.93. The first-order valence-electron chi connectivity index (χ1n) is 12.3. The number of likely N-dealkylation sites (tertiary alicyclic amines) is 1. The number of benzene rings is 3. The zero-order valence-corrected chi connectivity index (χ0v) is 20.4. The molecule has 1 aliphatic rings. The van der Waals surface area contributed by atoms with Crippen LogP contribution < -0.4 is 0 Å². The molecule has 3 aromatic rings. The summed E-state index contributed by atoms with van der Waals surface area (Å²) in [5.41, 5.74) is 3.01. The molecule has 0 saturated carbocycles. The van der Waals surface area contributed by atoms with Gasteiger partial charge in [-0.25, -0.2) is 0 Å². The molecule has 1 saturated heterocycles. The molecule has 6 heteroatoms. The van der Waals surface area contributed by atoms with Crippen molar-refractivity contribution in [2.24, 2.45) is 0 Å². The van der Waals surface area contributed by atoms with Crippen LogP contribution in [0.1, 0.15) is 16.7 Å². The Bertz CT molecular complexity index is 1030. The van der Waals surface area contributed by atoms with Gasteiger partial charge in [0.25, 0.3) is 0 Å². The Balaban J connectivity index is 1.62. The summed E-state index contributed by atoms with van der Waals surface area (Å²) in [5.74, 6) is 0. The highest BCUT2D eigenvalue weighted by Crippen LogP contribution is 2.31. The highest BCUT2D eigenvalue weighted by Gasteiger charge is 2.50. The van der Waals surface area contributed by atoms with E-state index in [1.165, 1.54) is 0 Å². The van der Waals surface area contributed by atoms with Crippen molar-refractivity contribution in [1.29, 1.82) is 0 Å². The Labute approximate surface area is 213 Å². The first kappa shape index (κ1) is 26.2. The Morgan fingerprint density at radius 1 is 0.667 bits per heavy atom. The van der Waals surface area contributed by atoms with Crippen LogP contribution in [0.3, 0.4) is 0 Å². The number of hydrogen-bond donors (Lipinski definition) is 2. The fourth-order valence-electron chi connectivity index (χ4n) is 4.63. The minimum absolute atomic E-state index is 0.207. The summed E-state index contributed by atoms with van der Waals surface area (Å²) in [4.78, 5) is 1.78. The molecule has 0 aliphatic carbocycles. The molecule has 0 spiro atoms. The maximum Gasteiger partial charge on any atom is 0.137 e. The number of aliphatic hydroxyl groups excluding tert-OH is 2. The molecule has 0 amide bonds. The van der Waals surface area contributed by atoms with Crippen LogP contribution in [0, 0.1) is 0 Å². The van der Waals surface area contributed by atoms with Gasteiger partial charge in [-0.2, -0.15) is 0 Å². The van der Waals surface area contributed by atoms with E-state index in [0.717, 1.165) is 16.7 Å². The lowest BCUT2D eigenvalue weighted by Crippen LogP contribution is -2.68. The zero-order valence-electron chi connectivity index (χ0n) is 20.4. The maximum absolute atomic E-state index is 11.4. The Morgan fingerprint density at radius 2 is 1.08 bits per heavy atom. The van der Waals surface area contributed by atoms with Crippen LogP contribution in [0.2, 0.25) is 0 Å². The molecule has 3 aromatic carbocycles. The standard InChI is InChI=1S/C30H35NO5/c1-2-18-31-26(19-32)27(34-20-23-12-6-3-7-13-23)28(35-21-24-14-8-4-9-15-24)29(30(31)33)36-22-25-16-10-5-11-17-25/h2-17,26-30,32-33H,1,18-22H2. The molecule has 0 aromatic heterocycles. The normalized spacial score (nSPS) is 24.4. The number of aliphatic hydroxyl groups is 2. The summed E-state index contributed by atoms with van der Waals surface area (Å²) in [6, 6.07) is 29.1. The molecule has 4 rings (SSSR count). The van der Waals surface area contributed by atoms with Gasteiger partial charge in [-0.1, -0.05) is 97.1 Å². The molecule has 1 heterocycles. The van der Waals surface area contributed by atoms with Gasteiger partial charge in [0.1, 0.15) is 24.5 Å². The smallest absolute Gasteiger partial charge is 0.137 e. The molecule has 5 unspecified atom stereocenters. The number of ether oxygens (including phenoxy) is 3. The summed E-state index contributed by atoms with van der Waals surface area (Å²) in [5, 5.41) is 21.8. The predicted octanol–water partition coefficient (Wildman–Crippen LogP) is 3.92. The third-order valence-electron chi connectivity index (χ3n) is 6.47. The maximum atomic E-state index is 11.4. The van der Waals surface area contributed by atoms with Gasteiger partial charge in [-0.3, -0.25) is 4.90 Å². The van der Waals surface area contributed by atoms with Crippen LogP contribution in [0.25, 0.3) is 0 Å². The number of nitrogens with zero attached hydrogens (tertiary/aromatic N) is 1. The average Bonchev–Trinajstić information content (AvgIpc) is 2.93. The molecule has 0 radical (unpaired) electrons. The van der Waals surface area contributed by atoms with Gasteiger partial charge in [0.15, 0.2) is 0 Å². The molecular weight excluding hydrogens is 454 g/mol. The van der Waals surface area contributed by atoms with Gasteiger partial charge in [0, 0.05) is 6.54 Å². The Hall–Kier alpha value is -2.84. The lowest BCUT2D eigenvalue weighted by Gasteiger charge is -2.50. The van der Waals surface area contributed by atoms with E-state index in [0.29, 0.717) is 26.4 Å². The number of rotatable bonds is 12. The molecule has 36 heavy (non-hydrogen) atoms. The van der Waals surface area contributed by atoms with Crippen LogP contribution in [-0.4, -0.2) is 58.8 Å². The van der Waals surface area contributed by atoms with Gasteiger partial charge >= 0.3 is 0 Å². The monoisotopic (exact) mass is 489 g/mol. The van der Waals surface area contributed by atoms with E-state index in [9.17, 15) is 10.2 Å². The lowest BCUT2D eigenvalue weighted by molar-refractivity contribution is -0.262. The van der Waals surface area contributed by atoms with E-state index >= 15 is 0 Å². The van der Waals surface area contributed by atoms with Crippen molar-refractivity contribution in [3.05, 3.63) is 120 Å². The molecule has 190 valence electrons. The topological polar surface area (TPSA) is 71.4 Å². The quantitative estimate of drug-likeness (QED) is 0.376. The highest BCUT2D eigenvalue weighted by atomic mass is 16.6. The van der Waals surface area contributed by atoms with Crippen molar-refractivity contribution in [3.63, 3.8) is 0 Å². The summed E-state index contributed by atoms with van der Waals surface area (Å²) < 4.78 is 19.2. The fraction of sp³-hybridized carbons (Fsp3) is 0.333. The minimum Gasteiger partial charge on any atom is -0.395 e. The fourth-order valence-corrected chi connectivity index (χ4v) is 4.63. The van der Waals surface area contributed by atoms with E-state index in [-0.39, 0.29) is 6.61 Å². The van der Waals surface area contributed by atoms with Crippen LogP contribution in [-0.2, 0) is 34.0 Å². The number of piperidine rings is 1. The van der Waals surface area contributed by atoms with E-state index in [4.69, 9.17) is 14.2 Å². The first-order valence-corrected chi connectivity index (χ1v) is 12.3. The van der Waals surface area contributed by atoms with Gasteiger partial charge in [0.2, 0.25) is 0 Å². The molecule has 5 atom stereocenters. The molecule has 1 aliphatic heterocycles. The van der Waals surface area contributed by atoms with Crippen molar-refractivity contribution in [2.45, 2.75) is 50.4 Å². The third kappa shape index (κ3) is 6.68. The summed E-state index contributed by atoms with van der Waals surface area (Å²) >= 11 is 0. The predicted molar refractivity (Wildman–Crippen MR) is 139 cm³/mol. The van der Waals surface area contributed by atoms with Crippen molar-refractivity contribution in [1.82, 2.24) is 4.90 Å². The second-order valence-electron chi connectivity index (χ2n) is 8.93. The lowest BCUT2D eigenvalue weighted by atomic mass is 9.91. The summed E-state index contributed by atoms with van der Waals surface area (Å²) in [6.07, 6.45) is -1.19. The second kappa shape index (κ2) is 13.5. The van der Waals surface area contributed by atoms with Gasteiger partial charge in [-0.05, 0) is 16.7 Å². The molecule has 6 nitrogen and oxygen atoms in total. The van der Waals surface area contributed by atoms with Gasteiger partial charge in [0.05, 0.1) is 32.5 Å². The minimum atomic E-state index is -1.01. The van der Waals surface area contributed by atoms with E-state index in [1.807, 2.05) is 91.0 Å². The highest BCUT2D eigenvalue weighted by molar-refractivity contribution is 5.16. The Kier molecular flexibility index (Phi) is 9.81. The summed E-state index contributed by atoms with van der Waals surface area (Å²) in [7, 11) is 0. The van der Waals surface area contributed by atoms with Gasteiger partial charge < -0.3 is 24.4 Å². The molecule has 1 fully saturated rings. The van der Waals surface area contributed by atoms with Gasteiger partial charge in [-0.15, -0.1) is 6.58 Å². The third-order valence-corrected chi connectivity index (χ3v) is 6.47. The van der Waals surface area contributed by atoms with E-state index < -0.39 is 30.6 Å². The zero-order chi connectivity index (χ0) is 25.2. The van der Waals surface area contributed by atoms with Crippen molar-refractivity contribution < 1.29 is 24.4 Å². The van der Waals surface area contributed by atoms with Crippen molar-refractivity contribution in [2.75, 3.05) is 13.2 Å². The SMILES string of the molecule is C=CCN1C(O)C(OCc2ccccc2)C(OCc2ccccc2)C(OCc2ccccc2)C1CO. The van der Waals surface area contributed by atoms with Crippen molar-refractivity contribution >= 4 is 0 Å². The largest absolute Gasteiger partial charge is 0.395 e. The first-order chi connectivity index (χ1) is 17.7. The van der Waals surface area contributed by atoms with Crippen molar-refractivity contribution in [3.8, 4) is 0 Å². The molecule has 0 bridgehead atoms. The Morgan fingerprint density at radius 3 is 1.50 bits per heavy atom. The van der Waals surface area contributed by atoms with E-state index in [1.54, 1.807) is 11.0 Å². The van der Waals surface area contributed by atoms with Crippen LogP contribution in [0.15, 0.2) is 104 Å². The molecule has 2 N–H and O–H groups in total. The van der Waals surface area contributed by atoms with E-state index in [2.05, 4.69) is 6.58 Å². The van der Waals surface area contributed by atoms with Crippen LogP contribution >= 0.6 is 0 Å².